The first kappa shape index (κ1) is 16.4. The van der Waals surface area contributed by atoms with Gasteiger partial charge in [-0.15, -0.1) is 0 Å². The lowest BCUT2D eigenvalue weighted by Gasteiger charge is -2.15. The van der Waals surface area contributed by atoms with Crippen LogP contribution in [0.1, 0.15) is 39.5 Å². The molecule has 0 spiro atoms. The maximum atomic E-state index is 11.5. The van der Waals surface area contributed by atoms with E-state index >= 15 is 0 Å². The van der Waals surface area contributed by atoms with Crippen LogP contribution >= 0.6 is 0 Å². The highest BCUT2D eigenvalue weighted by Crippen LogP contribution is 2.01. The van der Waals surface area contributed by atoms with Crippen molar-refractivity contribution in [3.63, 3.8) is 0 Å². The molecule has 0 aromatic carbocycles. The number of esters is 2. The molecule has 0 saturated carbocycles. The van der Waals surface area contributed by atoms with Crippen LogP contribution in [0, 0.1) is 0 Å². The van der Waals surface area contributed by atoms with E-state index < -0.39 is 5.97 Å². The maximum absolute atomic E-state index is 11.5. The van der Waals surface area contributed by atoms with Crippen LogP contribution in [0.5, 0.6) is 0 Å². The van der Waals surface area contributed by atoms with Crippen molar-refractivity contribution < 1.29 is 23.9 Å². The van der Waals surface area contributed by atoms with Crippen molar-refractivity contribution in [1.82, 2.24) is 5.32 Å². The molecule has 0 aliphatic heterocycles. The van der Waals surface area contributed by atoms with Crippen LogP contribution in [0.4, 0.5) is 0 Å². The quantitative estimate of drug-likeness (QED) is 0.652. The van der Waals surface area contributed by atoms with Crippen molar-refractivity contribution in [2.24, 2.45) is 0 Å². The molecule has 1 amide bonds. The first-order valence-electron chi connectivity index (χ1n) is 6.05. The fourth-order valence-corrected chi connectivity index (χ4v) is 1.33. The number of hydrogen-bond donors (Lipinski definition) is 1. The normalized spacial score (nSPS) is 11.5. The average Bonchev–Trinajstić information content (AvgIpc) is 2.35. The van der Waals surface area contributed by atoms with E-state index in [9.17, 15) is 14.4 Å². The van der Waals surface area contributed by atoms with Crippen LogP contribution in [-0.2, 0) is 23.9 Å². The lowest BCUT2D eigenvalue weighted by atomic mass is 10.1. The smallest absolute Gasteiger partial charge is 0.307 e. The Morgan fingerprint density at radius 1 is 1.11 bits per heavy atom. The lowest BCUT2D eigenvalue weighted by molar-refractivity contribution is -0.145. The number of amides is 1. The molecule has 0 aromatic heterocycles. The molecular formula is C12H21NO5. The summed E-state index contributed by atoms with van der Waals surface area (Å²) in [5.41, 5.74) is 0. The summed E-state index contributed by atoms with van der Waals surface area (Å²) >= 11 is 0. The van der Waals surface area contributed by atoms with Gasteiger partial charge in [-0.3, -0.25) is 14.4 Å². The van der Waals surface area contributed by atoms with Crippen LogP contribution in [0.25, 0.3) is 0 Å². The van der Waals surface area contributed by atoms with Gasteiger partial charge in [0.25, 0.3) is 0 Å². The minimum absolute atomic E-state index is 0.0499. The standard InChI is InChI=1S/C12H21NO5/c1-4-9(8-12(16)17-3)13-10(14)6-7-11(15)18-5-2/h9H,4-8H2,1-3H3,(H,13,14). The number of carbonyl (C=O) groups is 3. The van der Waals surface area contributed by atoms with Gasteiger partial charge in [0.05, 0.1) is 26.6 Å². The highest BCUT2D eigenvalue weighted by molar-refractivity contribution is 5.82. The van der Waals surface area contributed by atoms with E-state index in [1.54, 1.807) is 6.92 Å². The van der Waals surface area contributed by atoms with E-state index in [1.165, 1.54) is 7.11 Å². The number of carbonyl (C=O) groups excluding carboxylic acids is 3. The van der Waals surface area contributed by atoms with Gasteiger partial charge in [-0.25, -0.2) is 0 Å². The number of ether oxygens (including phenoxy) is 2. The third-order valence-corrected chi connectivity index (χ3v) is 2.36. The second kappa shape index (κ2) is 9.44. The van der Waals surface area contributed by atoms with E-state index in [4.69, 9.17) is 4.74 Å². The van der Waals surface area contributed by atoms with Crippen molar-refractivity contribution in [2.75, 3.05) is 13.7 Å². The molecule has 0 saturated heterocycles. The molecular weight excluding hydrogens is 238 g/mol. The predicted octanol–water partition coefficient (Wildman–Crippen LogP) is 0.788. The van der Waals surface area contributed by atoms with E-state index in [1.807, 2.05) is 6.92 Å². The second-order valence-corrected chi connectivity index (χ2v) is 3.76. The fourth-order valence-electron chi connectivity index (χ4n) is 1.33. The van der Waals surface area contributed by atoms with Crippen LogP contribution in [0.15, 0.2) is 0 Å². The van der Waals surface area contributed by atoms with Gasteiger partial charge < -0.3 is 14.8 Å². The molecule has 0 aromatic rings. The number of methoxy groups -OCH3 is 1. The Kier molecular flexibility index (Phi) is 8.61. The molecule has 0 rings (SSSR count). The summed E-state index contributed by atoms with van der Waals surface area (Å²) in [4.78, 5) is 33.6. The molecule has 18 heavy (non-hydrogen) atoms. The zero-order valence-electron chi connectivity index (χ0n) is 11.2. The molecule has 0 aliphatic carbocycles. The van der Waals surface area contributed by atoms with Crippen LogP contribution in [-0.4, -0.2) is 37.6 Å². The van der Waals surface area contributed by atoms with Crippen molar-refractivity contribution in [1.29, 1.82) is 0 Å². The third kappa shape index (κ3) is 7.65. The molecule has 0 bridgehead atoms. The monoisotopic (exact) mass is 259 g/mol. The van der Waals surface area contributed by atoms with Gasteiger partial charge >= 0.3 is 11.9 Å². The lowest BCUT2D eigenvalue weighted by Crippen LogP contribution is -2.36. The molecule has 104 valence electrons. The predicted molar refractivity (Wildman–Crippen MR) is 64.7 cm³/mol. The minimum Gasteiger partial charge on any atom is -0.469 e. The zero-order chi connectivity index (χ0) is 14.0. The average molecular weight is 259 g/mol. The molecule has 1 unspecified atom stereocenters. The summed E-state index contributed by atoms with van der Waals surface area (Å²) in [6, 6.07) is -0.257. The first-order chi connectivity index (χ1) is 8.53. The molecule has 0 aliphatic rings. The summed E-state index contributed by atoms with van der Waals surface area (Å²) in [5.74, 6) is -1.03. The highest BCUT2D eigenvalue weighted by atomic mass is 16.5. The summed E-state index contributed by atoms with van der Waals surface area (Å²) in [5, 5.41) is 2.68. The van der Waals surface area contributed by atoms with Crippen molar-refractivity contribution in [3.05, 3.63) is 0 Å². The summed E-state index contributed by atoms with van der Waals surface area (Å²) in [7, 11) is 1.30. The molecule has 0 heterocycles. The van der Waals surface area contributed by atoms with E-state index in [0.717, 1.165) is 0 Å². The fraction of sp³-hybridized carbons (Fsp3) is 0.750. The van der Waals surface area contributed by atoms with Crippen molar-refractivity contribution in [3.8, 4) is 0 Å². The van der Waals surface area contributed by atoms with Crippen molar-refractivity contribution >= 4 is 17.8 Å². The van der Waals surface area contributed by atoms with Crippen LogP contribution < -0.4 is 5.32 Å². The Hall–Kier alpha value is -1.59. The van der Waals surface area contributed by atoms with Crippen LogP contribution in [0.2, 0.25) is 0 Å². The van der Waals surface area contributed by atoms with Gasteiger partial charge in [-0.05, 0) is 13.3 Å². The van der Waals surface area contributed by atoms with Crippen molar-refractivity contribution in [2.45, 2.75) is 45.6 Å². The Bertz CT molecular complexity index is 290. The summed E-state index contributed by atoms with van der Waals surface area (Å²) < 4.78 is 9.24. The zero-order valence-corrected chi connectivity index (χ0v) is 11.2. The Morgan fingerprint density at radius 2 is 1.78 bits per heavy atom. The molecule has 0 fully saturated rings. The second-order valence-electron chi connectivity index (χ2n) is 3.76. The van der Waals surface area contributed by atoms with Gasteiger partial charge in [0.1, 0.15) is 0 Å². The Labute approximate surface area is 107 Å². The van der Waals surface area contributed by atoms with Gasteiger partial charge in [-0.1, -0.05) is 6.92 Å². The SMILES string of the molecule is CCOC(=O)CCC(=O)NC(CC)CC(=O)OC. The highest BCUT2D eigenvalue weighted by Gasteiger charge is 2.15. The van der Waals surface area contributed by atoms with Gasteiger partial charge in [0, 0.05) is 12.5 Å². The third-order valence-electron chi connectivity index (χ3n) is 2.36. The molecule has 6 nitrogen and oxygen atoms in total. The molecule has 1 atom stereocenters. The van der Waals surface area contributed by atoms with Crippen LogP contribution in [0.3, 0.4) is 0 Å². The molecule has 0 radical (unpaired) electrons. The topological polar surface area (TPSA) is 81.7 Å². The largest absolute Gasteiger partial charge is 0.469 e. The molecule has 6 heteroatoms. The first-order valence-corrected chi connectivity index (χ1v) is 6.05. The van der Waals surface area contributed by atoms with E-state index in [2.05, 4.69) is 10.1 Å². The minimum atomic E-state index is -0.395. The number of rotatable bonds is 8. The van der Waals surface area contributed by atoms with Gasteiger partial charge in [0.2, 0.25) is 5.91 Å². The van der Waals surface area contributed by atoms with E-state index in [0.29, 0.717) is 13.0 Å². The van der Waals surface area contributed by atoms with E-state index in [-0.39, 0.29) is 37.2 Å². The molecule has 1 N–H and O–H groups in total. The summed E-state index contributed by atoms with van der Waals surface area (Å²) in [6.07, 6.45) is 0.878. The summed E-state index contributed by atoms with van der Waals surface area (Å²) in [6.45, 7) is 3.88. The van der Waals surface area contributed by atoms with Gasteiger partial charge in [-0.2, -0.15) is 0 Å². The number of nitrogens with one attached hydrogen (secondary N) is 1. The number of hydrogen-bond acceptors (Lipinski definition) is 5. The Balaban J connectivity index is 3.96. The maximum Gasteiger partial charge on any atom is 0.307 e. The van der Waals surface area contributed by atoms with Gasteiger partial charge in [0.15, 0.2) is 0 Å². The Morgan fingerprint density at radius 3 is 2.28 bits per heavy atom.